The van der Waals surface area contributed by atoms with Crippen LogP contribution < -0.4 is 10.6 Å². The van der Waals surface area contributed by atoms with Crippen LogP contribution in [0.1, 0.15) is 51.7 Å². The SMILES string of the molecule is C=C[C@@H]1C[C@]1(NC(=O)C1C[C@@H](OC(=O)N2Cc3cccc(F)c3C2)CN1C(=O)CNC(=O)OC(C)(C)C)C(=C)C. The lowest BCUT2D eigenvalue weighted by Crippen LogP contribution is -2.52. The number of carbonyl (C=O) groups is 4. The molecule has 0 bridgehead atoms. The molecule has 216 valence electrons. The summed E-state index contributed by atoms with van der Waals surface area (Å²) >= 11 is 0. The Morgan fingerprint density at radius 2 is 1.95 bits per heavy atom. The van der Waals surface area contributed by atoms with Gasteiger partial charge in [-0.25, -0.2) is 14.0 Å². The highest BCUT2D eigenvalue weighted by Crippen LogP contribution is 2.49. The molecule has 1 aromatic rings. The van der Waals surface area contributed by atoms with E-state index in [1.165, 1.54) is 15.9 Å². The first kappa shape index (κ1) is 29.1. The Bertz CT molecular complexity index is 1240. The second-order valence-corrected chi connectivity index (χ2v) is 11.7. The Hall–Kier alpha value is -3.89. The molecule has 11 heteroatoms. The Kier molecular flexibility index (Phi) is 7.96. The maximum atomic E-state index is 14.2. The van der Waals surface area contributed by atoms with Crippen molar-refractivity contribution in [3.8, 4) is 0 Å². The first-order valence-corrected chi connectivity index (χ1v) is 13.3. The van der Waals surface area contributed by atoms with Crippen molar-refractivity contribution >= 4 is 24.0 Å². The molecule has 0 spiro atoms. The van der Waals surface area contributed by atoms with Gasteiger partial charge in [-0.1, -0.05) is 30.4 Å². The highest BCUT2D eigenvalue weighted by Gasteiger charge is 2.55. The summed E-state index contributed by atoms with van der Waals surface area (Å²) in [6, 6.07) is 3.75. The van der Waals surface area contributed by atoms with Gasteiger partial charge in [-0.3, -0.25) is 14.5 Å². The van der Waals surface area contributed by atoms with Gasteiger partial charge in [-0.05, 0) is 45.7 Å². The lowest BCUT2D eigenvalue weighted by Gasteiger charge is -2.27. The summed E-state index contributed by atoms with van der Waals surface area (Å²) < 4.78 is 25.1. The maximum Gasteiger partial charge on any atom is 0.410 e. The van der Waals surface area contributed by atoms with Crippen molar-refractivity contribution in [3.05, 3.63) is 60.0 Å². The van der Waals surface area contributed by atoms with Crippen LogP contribution in [0.15, 0.2) is 43.0 Å². The fraction of sp³-hybridized carbons (Fsp3) is 0.517. The molecule has 4 rings (SSSR count). The molecule has 10 nitrogen and oxygen atoms in total. The molecular formula is C29H37FN4O6. The molecule has 4 amide bonds. The summed E-state index contributed by atoms with van der Waals surface area (Å²) in [5, 5.41) is 5.45. The molecule has 0 radical (unpaired) electrons. The third-order valence-electron chi connectivity index (χ3n) is 7.53. The monoisotopic (exact) mass is 556 g/mol. The first-order valence-electron chi connectivity index (χ1n) is 13.3. The quantitative estimate of drug-likeness (QED) is 0.497. The molecule has 2 N–H and O–H groups in total. The molecular weight excluding hydrogens is 519 g/mol. The smallest absolute Gasteiger partial charge is 0.410 e. The second-order valence-electron chi connectivity index (χ2n) is 11.7. The number of carbonyl (C=O) groups excluding carboxylic acids is 4. The largest absolute Gasteiger partial charge is 0.444 e. The molecule has 0 aromatic heterocycles. The number of likely N-dealkylation sites (tertiary alicyclic amines) is 1. The van der Waals surface area contributed by atoms with Gasteiger partial charge < -0.3 is 25.0 Å². The van der Waals surface area contributed by atoms with Gasteiger partial charge in [0, 0.05) is 24.4 Å². The second kappa shape index (κ2) is 10.9. The lowest BCUT2D eigenvalue weighted by atomic mass is 10.0. The third kappa shape index (κ3) is 6.13. The first-order chi connectivity index (χ1) is 18.7. The third-order valence-corrected chi connectivity index (χ3v) is 7.53. The lowest BCUT2D eigenvalue weighted by molar-refractivity contribution is -0.138. The van der Waals surface area contributed by atoms with E-state index in [1.54, 1.807) is 39.0 Å². The van der Waals surface area contributed by atoms with E-state index in [0.29, 0.717) is 17.5 Å². The van der Waals surface area contributed by atoms with E-state index in [1.807, 2.05) is 6.92 Å². The van der Waals surface area contributed by atoms with Crippen LogP contribution in [-0.4, -0.2) is 70.2 Å². The number of hydrogen-bond donors (Lipinski definition) is 2. The van der Waals surface area contributed by atoms with E-state index in [2.05, 4.69) is 23.8 Å². The number of nitrogens with zero attached hydrogens (tertiary/aromatic N) is 2. The van der Waals surface area contributed by atoms with E-state index in [-0.39, 0.29) is 37.8 Å². The van der Waals surface area contributed by atoms with Crippen LogP contribution in [-0.2, 0) is 32.2 Å². The molecule has 2 aliphatic heterocycles. The number of amides is 4. The highest BCUT2D eigenvalue weighted by atomic mass is 19.1. The number of hydrogen-bond acceptors (Lipinski definition) is 6. The minimum atomic E-state index is -0.943. The van der Waals surface area contributed by atoms with Gasteiger partial charge in [-0.15, -0.1) is 6.58 Å². The molecule has 2 fully saturated rings. The van der Waals surface area contributed by atoms with Gasteiger partial charge in [0.05, 0.1) is 18.6 Å². The van der Waals surface area contributed by atoms with Crippen LogP contribution in [0.2, 0.25) is 0 Å². The zero-order valence-electron chi connectivity index (χ0n) is 23.4. The average molecular weight is 557 g/mol. The van der Waals surface area contributed by atoms with Crippen molar-refractivity contribution in [2.24, 2.45) is 5.92 Å². The Morgan fingerprint density at radius 3 is 2.55 bits per heavy atom. The van der Waals surface area contributed by atoms with Crippen LogP contribution in [0, 0.1) is 11.7 Å². The van der Waals surface area contributed by atoms with Crippen LogP contribution in [0.4, 0.5) is 14.0 Å². The number of fused-ring (bicyclic) bond motifs is 1. The van der Waals surface area contributed by atoms with E-state index in [9.17, 15) is 23.6 Å². The van der Waals surface area contributed by atoms with E-state index in [0.717, 1.165) is 5.57 Å². The molecule has 1 aliphatic carbocycles. The summed E-state index contributed by atoms with van der Waals surface area (Å²) in [6.07, 6.45) is 0.279. The van der Waals surface area contributed by atoms with E-state index < -0.39 is 53.8 Å². The Balaban J connectivity index is 1.44. The molecule has 1 saturated carbocycles. The van der Waals surface area contributed by atoms with Crippen molar-refractivity contribution < 1.29 is 33.0 Å². The van der Waals surface area contributed by atoms with Crippen molar-refractivity contribution in [2.75, 3.05) is 13.1 Å². The predicted molar refractivity (Wildman–Crippen MR) is 144 cm³/mol. The summed E-state index contributed by atoms with van der Waals surface area (Å²) in [6.45, 7) is 14.6. The van der Waals surface area contributed by atoms with E-state index >= 15 is 0 Å². The van der Waals surface area contributed by atoms with Crippen molar-refractivity contribution in [1.82, 2.24) is 20.4 Å². The van der Waals surface area contributed by atoms with Crippen LogP contribution in [0.25, 0.3) is 0 Å². The van der Waals surface area contributed by atoms with E-state index in [4.69, 9.17) is 9.47 Å². The number of ether oxygens (including phenoxy) is 2. The zero-order valence-corrected chi connectivity index (χ0v) is 23.4. The van der Waals surface area contributed by atoms with Gasteiger partial charge in [0.2, 0.25) is 11.8 Å². The van der Waals surface area contributed by atoms with Gasteiger partial charge in [0.1, 0.15) is 30.1 Å². The van der Waals surface area contributed by atoms with Crippen molar-refractivity contribution in [2.45, 2.75) is 76.9 Å². The van der Waals surface area contributed by atoms with Gasteiger partial charge in [-0.2, -0.15) is 0 Å². The van der Waals surface area contributed by atoms with Crippen molar-refractivity contribution in [3.63, 3.8) is 0 Å². The molecule has 40 heavy (non-hydrogen) atoms. The molecule has 2 heterocycles. The maximum absolute atomic E-state index is 14.2. The molecule has 3 aliphatic rings. The Labute approximate surface area is 233 Å². The normalized spacial score (nSPS) is 25.1. The van der Waals surface area contributed by atoms with Crippen molar-refractivity contribution in [1.29, 1.82) is 0 Å². The summed E-state index contributed by atoms with van der Waals surface area (Å²) in [5.74, 6) is -1.30. The minimum absolute atomic E-state index is 0.0270. The van der Waals surface area contributed by atoms with Crippen LogP contribution in [0.5, 0.6) is 0 Å². The fourth-order valence-electron chi connectivity index (χ4n) is 5.31. The minimum Gasteiger partial charge on any atom is -0.444 e. The molecule has 1 aromatic carbocycles. The highest BCUT2D eigenvalue weighted by molar-refractivity contribution is 5.91. The fourth-order valence-corrected chi connectivity index (χ4v) is 5.31. The zero-order chi connectivity index (χ0) is 29.4. The molecule has 1 unspecified atom stereocenters. The van der Waals surface area contributed by atoms with Crippen LogP contribution >= 0.6 is 0 Å². The number of benzene rings is 1. The summed E-state index contributed by atoms with van der Waals surface area (Å²) in [7, 11) is 0. The van der Waals surface area contributed by atoms with Gasteiger partial charge in [0.15, 0.2) is 0 Å². The van der Waals surface area contributed by atoms with Crippen LogP contribution in [0.3, 0.4) is 0 Å². The topological polar surface area (TPSA) is 117 Å². The van der Waals surface area contributed by atoms with Gasteiger partial charge >= 0.3 is 12.2 Å². The predicted octanol–water partition coefficient (Wildman–Crippen LogP) is 3.41. The summed E-state index contributed by atoms with van der Waals surface area (Å²) in [5.41, 5.74) is 0.541. The summed E-state index contributed by atoms with van der Waals surface area (Å²) in [4.78, 5) is 54.4. The van der Waals surface area contributed by atoms with Gasteiger partial charge in [0.25, 0.3) is 0 Å². The number of nitrogens with one attached hydrogen (secondary N) is 2. The molecule has 4 atom stereocenters. The number of alkyl carbamates (subject to hydrolysis) is 1. The standard InChI is InChI=1S/C29H37FN4O6/c1-7-19-12-29(19,17(2)3)32-25(36)23-11-20(15-34(23)24(35)13-31-26(37)40-28(4,5)6)39-27(38)33-14-18-9-8-10-22(30)21(18)16-33/h7-10,19-20,23H,1-2,11-16H2,3-6H3,(H,31,37)(H,32,36)/t19-,20-,23?,29+/m1/s1. The average Bonchev–Trinajstić information content (AvgIpc) is 3.19. The molecule has 1 saturated heterocycles. The number of rotatable bonds is 7. The Morgan fingerprint density at radius 1 is 1.23 bits per heavy atom. The number of halogens is 1.